The van der Waals surface area contributed by atoms with Crippen molar-refractivity contribution < 1.29 is 23.9 Å². The number of carbonyl (C=O) groups excluding carboxylic acids is 3. The summed E-state index contributed by atoms with van der Waals surface area (Å²) in [5, 5.41) is 9.08. The minimum atomic E-state index is -0.802. The van der Waals surface area contributed by atoms with Crippen LogP contribution in [0.1, 0.15) is 31.4 Å². The summed E-state index contributed by atoms with van der Waals surface area (Å²) in [6.45, 7) is 4.69. The molecule has 9 heteroatoms. The molecule has 0 radical (unpaired) electrons. The molecule has 0 aliphatic carbocycles. The number of carbonyl (C=O) groups is 3. The second kappa shape index (κ2) is 14.5. The van der Waals surface area contributed by atoms with Crippen molar-refractivity contribution in [3.8, 4) is 5.75 Å². The van der Waals surface area contributed by atoms with E-state index in [-0.39, 0.29) is 11.8 Å². The Hall–Kier alpha value is -3.43. The molecule has 0 fully saturated rings. The van der Waals surface area contributed by atoms with E-state index < -0.39 is 30.1 Å². The average Bonchev–Trinajstić information content (AvgIpc) is 2.94. The molecule has 206 valence electrons. The van der Waals surface area contributed by atoms with Gasteiger partial charge in [-0.1, -0.05) is 48.5 Å². The maximum Gasteiger partial charge on any atom is 0.243 e. The van der Waals surface area contributed by atoms with Crippen molar-refractivity contribution in [2.45, 2.75) is 57.3 Å². The van der Waals surface area contributed by atoms with Crippen molar-refractivity contribution in [2.24, 2.45) is 0 Å². The molecule has 0 spiro atoms. The number of methoxy groups -OCH3 is 1. The lowest BCUT2D eigenvalue weighted by molar-refractivity contribution is -0.143. The van der Waals surface area contributed by atoms with Crippen LogP contribution in [0.25, 0.3) is 0 Å². The van der Waals surface area contributed by atoms with Gasteiger partial charge in [-0.05, 0) is 43.9 Å². The molecule has 3 amide bonds. The van der Waals surface area contributed by atoms with Crippen LogP contribution in [0, 0.1) is 0 Å². The van der Waals surface area contributed by atoms with Gasteiger partial charge in [-0.25, -0.2) is 0 Å². The topological polar surface area (TPSA) is 109 Å². The lowest BCUT2D eigenvalue weighted by Gasteiger charge is -2.32. The molecular weight excluding hydrogens is 484 g/mol. The first kappa shape index (κ1) is 29.1. The third-order valence-electron chi connectivity index (χ3n) is 6.95. The van der Waals surface area contributed by atoms with Crippen molar-refractivity contribution in [2.75, 3.05) is 33.9 Å². The Labute approximate surface area is 225 Å². The SMILES string of the molecule is COC(C)[C@@H]1NCCOc2ccccc2CCCNC(=O)[C@@H](Cc2ccccc2)NC(=O)[C@@H](C)N(C)C1=O. The standard InChI is InChI=1S/C29H40N4O5/c1-20-27(34)32-24(19-22-11-6-5-7-12-22)28(35)31-16-10-14-23-13-8-9-15-25(23)38-18-17-30-26(21(2)37-4)29(36)33(20)3/h5-9,11-13,15,20-21,24,26,30H,10,14,16-19H2,1-4H3,(H,31,35)(H,32,34)/t20-,21?,24-,26+/m1/s1. The van der Waals surface area contributed by atoms with Crippen molar-refractivity contribution in [3.63, 3.8) is 0 Å². The molecular formula is C29H40N4O5. The van der Waals surface area contributed by atoms with Crippen LogP contribution < -0.4 is 20.7 Å². The summed E-state index contributed by atoms with van der Waals surface area (Å²) in [5.74, 6) is -0.169. The van der Waals surface area contributed by atoms with E-state index in [9.17, 15) is 14.4 Å². The number of fused-ring (bicyclic) bond motifs is 1. The summed E-state index contributed by atoms with van der Waals surface area (Å²) in [6.07, 6.45) is 1.35. The summed E-state index contributed by atoms with van der Waals surface area (Å²) in [7, 11) is 3.13. The minimum absolute atomic E-state index is 0.262. The lowest BCUT2D eigenvalue weighted by Crippen LogP contribution is -2.58. The average molecular weight is 525 g/mol. The number of amides is 3. The van der Waals surface area contributed by atoms with E-state index in [1.807, 2.05) is 54.6 Å². The predicted octanol–water partition coefficient (Wildman–Crippen LogP) is 1.70. The third kappa shape index (κ3) is 8.03. The first-order valence-corrected chi connectivity index (χ1v) is 13.2. The second-order valence-electron chi connectivity index (χ2n) is 9.60. The number of hydrogen-bond donors (Lipinski definition) is 3. The molecule has 1 unspecified atom stereocenters. The summed E-state index contributed by atoms with van der Waals surface area (Å²) in [6, 6.07) is 15.1. The highest BCUT2D eigenvalue weighted by Gasteiger charge is 2.33. The van der Waals surface area contributed by atoms with E-state index in [1.165, 1.54) is 4.90 Å². The Bertz CT molecular complexity index is 1060. The second-order valence-corrected chi connectivity index (χ2v) is 9.60. The zero-order valence-electron chi connectivity index (χ0n) is 22.7. The maximum absolute atomic E-state index is 13.4. The van der Waals surface area contributed by atoms with Gasteiger partial charge in [-0.3, -0.25) is 14.4 Å². The fourth-order valence-electron chi connectivity index (χ4n) is 4.37. The molecule has 3 N–H and O–H groups in total. The van der Waals surface area contributed by atoms with Gasteiger partial charge in [-0.15, -0.1) is 0 Å². The molecule has 3 rings (SSSR count). The molecule has 0 saturated carbocycles. The largest absolute Gasteiger partial charge is 0.492 e. The van der Waals surface area contributed by atoms with Gasteiger partial charge in [0.15, 0.2) is 0 Å². The Kier molecular flexibility index (Phi) is 11.1. The van der Waals surface area contributed by atoms with Crippen molar-refractivity contribution >= 4 is 17.7 Å². The molecule has 1 aliphatic rings. The van der Waals surface area contributed by atoms with Crippen LogP contribution in [-0.4, -0.2) is 80.7 Å². The van der Waals surface area contributed by atoms with E-state index in [4.69, 9.17) is 9.47 Å². The molecule has 38 heavy (non-hydrogen) atoms. The van der Waals surface area contributed by atoms with Gasteiger partial charge < -0.3 is 30.3 Å². The number of hydrogen-bond acceptors (Lipinski definition) is 6. The Balaban J connectivity index is 1.85. The van der Waals surface area contributed by atoms with E-state index in [2.05, 4.69) is 16.0 Å². The molecule has 0 saturated heterocycles. The van der Waals surface area contributed by atoms with E-state index in [1.54, 1.807) is 28.0 Å². The van der Waals surface area contributed by atoms with Crippen LogP contribution in [0.15, 0.2) is 54.6 Å². The molecule has 9 nitrogen and oxygen atoms in total. The highest BCUT2D eigenvalue weighted by molar-refractivity contribution is 5.93. The quantitative estimate of drug-likeness (QED) is 0.562. The monoisotopic (exact) mass is 524 g/mol. The van der Waals surface area contributed by atoms with Gasteiger partial charge in [0.05, 0.1) is 6.10 Å². The number of nitrogens with zero attached hydrogens (tertiary/aromatic N) is 1. The Morgan fingerprint density at radius 1 is 1.03 bits per heavy atom. The van der Waals surface area contributed by atoms with Gasteiger partial charge >= 0.3 is 0 Å². The van der Waals surface area contributed by atoms with Gasteiger partial charge in [0, 0.05) is 33.7 Å². The predicted molar refractivity (Wildman–Crippen MR) is 146 cm³/mol. The van der Waals surface area contributed by atoms with Crippen molar-refractivity contribution in [1.29, 1.82) is 0 Å². The zero-order chi connectivity index (χ0) is 27.5. The first-order chi connectivity index (χ1) is 18.3. The van der Waals surface area contributed by atoms with Crippen LogP contribution in [0.2, 0.25) is 0 Å². The maximum atomic E-state index is 13.4. The fraction of sp³-hybridized carbons (Fsp3) is 0.483. The summed E-state index contributed by atoms with van der Waals surface area (Å²) in [5.41, 5.74) is 1.97. The molecule has 2 aromatic carbocycles. The number of nitrogens with one attached hydrogen (secondary N) is 3. The van der Waals surface area contributed by atoms with Crippen LogP contribution in [-0.2, 0) is 32.0 Å². The van der Waals surface area contributed by atoms with Gasteiger partial charge in [0.1, 0.15) is 30.5 Å². The zero-order valence-corrected chi connectivity index (χ0v) is 22.7. The molecule has 1 heterocycles. The van der Waals surface area contributed by atoms with E-state index in [0.29, 0.717) is 26.1 Å². The van der Waals surface area contributed by atoms with Crippen LogP contribution in [0.4, 0.5) is 0 Å². The van der Waals surface area contributed by atoms with E-state index >= 15 is 0 Å². The van der Waals surface area contributed by atoms with Crippen LogP contribution in [0.3, 0.4) is 0 Å². The summed E-state index contributed by atoms with van der Waals surface area (Å²) < 4.78 is 11.5. The molecule has 4 atom stereocenters. The Morgan fingerprint density at radius 2 is 1.74 bits per heavy atom. The summed E-state index contributed by atoms with van der Waals surface area (Å²) >= 11 is 0. The number of para-hydroxylation sites is 1. The lowest BCUT2D eigenvalue weighted by atomic mass is 10.0. The van der Waals surface area contributed by atoms with Crippen molar-refractivity contribution in [3.05, 3.63) is 65.7 Å². The molecule has 0 aromatic heterocycles. The fourth-order valence-corrected chi connectivity index (χ4v) is 4.37. The summed E-state index contributed by atoms with van der Waals surface area (Å²) in [4.78, 5) is 41.2. The smallest absolute Gasteiger partial charge is 0.243 e. The van der Waals surface area contributed by atoms with E-state index in [0.717, 1.165) is 29.7 Å². The van der Waals surface area contributed by atoms with Gasteiger partial charge in [0.25, 0.3) is 0 Å². The molecule has 0 bridgehead atoms. The highest BCUT2D eigenvalue weighted by Crippen LogP contribution is 2.19. The number of rotatable bonds is 4. The van der Waals surface area contributed by atoms with Crippen LogP contribution in [0.5, 0.6) is 5.75 Å². The number of likely N-dealkylation sites (N-methyl/N-ethyl adjacent to an activating group) is 1. The Morgan fingerprint density at radius 3 is 2.47 bits per heavy atom. The highest BCUT2D eigenvalue weighted by atomic mass is 16.5. The first-order valence-electron chi connectivity index (χ1n) is 13.2. The third-order valence-corrected chi connectivity index (χ3v) is 6.95. The van der Waals surface area contributed by atoms with Gasteiger partial charge in [0.2, 0.25) is 17.7 Å². The van der Waals surface area contributed by atoms with Crippen LogP contribution >= 0.6 is 0 Å². The number of benzene rings is 2. The molecule has 1 aliphatic heterocycles. The van der Waals surface area contributed by atoms with Gasteiger partial charge in [-0.2, -0.15) is 0 Å². The minimum Gasteiger partial charge on any atom is -0.492 e. The number of aryl methyl sites for hydroxylation is 1. The van der Waals surface area contributed by atoms with Crippen molar-refractivity contribution in [1.82, 2.24) is 20.9 Å². The normalized spacial score (nSPS) is 23.2. The molecule has 2 aromatic rings. The number of ether oxygens (including phenoxy) is 2.